The lowest BCUT2D eigenvalue weighted by Gasteiger charge is -2.28. The summed E-state index contributed by atoms with van der Waals surface area (Å²) in [4.78, 5) is 27.5. The molecule has 3 heterocycles. The van der Waals surface area contributed by atoms with Crippen molar-refractivity contribution in [1.82, 2.24) is 14.7 Å². The van der Waals surface area contributed by atoms with Crippen LogP contribution in [0.1, 0.15) is 37.5 Å². The molecule has 0 radical (unpaired) electrons. The van der Waals surface area contributed by atoms with Crippen molar-refractivity contribution in [3.8, 4) is 0 Å². The molecule has 3 aromatic rings. The second-order valence-electron chi connectivity index (χ2n) is 6.66. The maximum Gasteiger partial charge on any atom is 0.275 e. The predicted octanol–water partition coefficient (Wildman–Crippen LogP) is 3.13. The zero-order valence-corrected chi connectivity index (χ0v) is 14.5. The Morgan fingerprint density at radius 1 is 1.15 bits per heavy atom. The summed E-state index contributed by atoms with van der Waals surface area (Å²) in [7, 11) is 0. The average molecular weight is 351 g/mol. The van der Waals surface area contributed by atoms with Crippen LogP contribution in [-0.4, -0.2) is 27.1 Å². The van der Waals surface area contributed by atoms with Crippen molar-refractivity contribution < 1.29 is 9.21 Å². The van der Waals surface area contributed by atoms with Crippen molar-refractivity contribution in [2.75, 3.05) is 6.54 Å². The number of furan rings is 1. The number of likely N-dealkylation sites (tertiary alicyclic amines) is 1. The van der Waals surface area contributed by atoms with Crippen LogP contribution >= 0.6 is 0 Å². The zero-order chi connectivity index (χ0) is 17.9. The number of carbonyl (C=O) groups is 1. The summed E-state index contributed by atoms with van der Waals surface area (Å²) in [6, 6.07) is 11.0. The van der Waals surface area contributed by atoms with Crippen LogP contribution in [0.25, 0.3) is 10.8 Å². The van der Waals surface area contributed by atoms with E-state index in [1.165, 1.54) is 4.68 Å². The molecule has 26 heavy (non-hydrogen) atoms. The van der Waals surface area contributed by atoms with E-state index in [0.717, 1.165) is 36.8 Å². The second-order valence-corrected chi connectivity index (χ2v) is 6.66. The van der Waals surface area contributed by atoms with Gasteiger partial charge in [0.1, 0.15) is 12.3 Å². The SMILES string of the molecule is O=C(Cn1ncc2ccccc2c1=O)N1CCCCC[C@H]1c1ccco1. The van der Waals surface area contributed by atoms with Gasteiger partial charge in [-0.2, -0.15) is 5.10 Å². The Bertz CT molecular complexity index is 962. The van der Waals surface area contributed by atoms with Crippen molar-refractivity contribution in [2.24, 2.45) is 0 Å². The summed E-state index contributed by atoms with van der Waals surface area (Å²) in [5.41, 5.74) is -0.235. The van der Waals surface area contributed by atoms with Gasteiger partial charge in [-0.25, -0.2) is 4.68 Å². The number of carbonyl (C=O) groups excluding carboxylic acids is 1. The number of hydrogen-bond acceptors (Lipinski definition) is 4. The summed E-state index contributed by atoms with van der Waals surface area (Å²) in [6.45, 7) is 0.618. The molecule has 1 fully saturated rings. The van der Waals surface area contributed by atoms with E-state index in [2.05, 4.69) is 5.10 Å². The predicted molar refractivity (Wildman–Crippen MR) is 97.6 cm³/mol. The molecule has 1 saturated heterocycles. The first-order valence-electron chi connectivity index (χ1n) is 9.02. The van der Waals surface area contributed by atoms with Gasteiger partial charge in [0.25, 0.3) is 5.56 Å². The number of amides is 1. The molecule has 134 valence electrons. The standard InChI is InChI=1S/C20H21N3O3/c24-19(14-23-20(25)16-8-4-3-7-15(16)13-21-23)22-11-5-1-2-9-17(22)18-10-6-12-26-18/h3-4,6-8,10,12-13,17H,1-2,5,9,11,14H2/t17-/m0/s1. The molecule has 1 aromatic carbocycles. The molecule has 0 unspecified atom stereocenters. The van der Waals surface area contributed by atoms with Gasteiger partial charge in [0.2, 0.25) is 5.91 Å². The molecule has 4 rings (SSSR count). The summed E-state index contributed by atoms with van der Waals surface area (Å²) in [5, 5.41) is 5.55. The first-order chi connectivity index (χ1) is 12.7. The molecule has 0 saturated carbocycles. The summed E-state index contributed by atoms with van der Waals surface area (Å²) in [6.07, 6.45) is 7.26. The van der Waals surface area contributed by atoms with E-state index in [-0.39, 0.29) is 24.1 Å². The van der Waals surface area contributed by atoms with Crippen LogP contribution in [0.2, 0.25) is 0 Å². The Balaban J connectivity index is 1.62. The Morgan fingerprint density at radius 3 is 2.88 bits per heavy atom. The molecule has 0 aliphatic carbocycles. The maximum atomic E-state index is 13.0. The van der Waals surface area contributed by atoms with Crippen LogP contribution in [0.15, 0.2) is 58.1 Å². The molecule has 6 heteroatoms. The van der Waals surface area contributed by atoms with Crippen LogP contribution in [0.5, 0.6) is 0 Å². The number of hydrogen-bond donors (Lipinski definition) is 0. The third-order valence-electron chi connectivity index (χ3n) is 4.99. The molecule has 1 amide bonds. The topological polar surface area (TPSA) is 68.3 Å². The third-order valence-corrected chi connectivity index (χ3v) is 4.99. The normalized spacial score (nSPS) is 18.0. The van der Waals surface area contributed by atoms with Crippen molar-refractivity contribution in [2.45, 2.75) is 38.3 Å². The molecular weight excluding hydrogens is 330 g/mol. The van der Waals surface area contributed by atoms with Gasteiger partial charge in [-0.15, -0.1) is 0 Å². The van der Waals surface area contributed by atoms with E-state index in [0.29, 0.717) is 11.9 Å². The van der Waals surface area contributed by atoms with Crippen LogP contribution < -0.4 is 5.56 Å². The van der Waals surface area contributed by atoms with E-state index < -0.39 is 0 Å². The number of rotatable bonds is 3. The van der Waals surface area contributed by atoms with Crippen molar-refractivity contribution in [3.05, 3.63) is 65.0 Å². The minimum absolute atomic E-state index is 0.0547. The fraction of sp³-hybridized carbons (Fsp3) is 0.350. The lowest BCUT2D eigenvalue weighted by Crippen LogP contribution is -2.39. The van der Waals surface area contributed by atoms with E-state index in [4.69, 9.17) is 4.42 Å². The van der Waals surface area contributed by atoms with Crippen molar-refractivity contribution in [1.29, 1.82) is 0 Å². The molecule has 0 bridgehead atoms. The van der Waals surface area contributed by atoms with E-state index >= 15 is 0 Å². The fourth-order valence-electron chi connectivity index (χ4n) is 3.64. The average Bonchev–Trinajstić information content (AvgIpc) is 3.08. The smallest absolute Gasteiger partial charge is 0.275 e. The highest BCUT2D eigenvalue weighted by Crippen LogP contribution is 2.30. The molecule has 6 nitrogen and oxygen atoms in total. The number of fused-ring (bicyclic) bond motifs is 1. The van der Waals surface area contributed by atoms with Gasteiger partial charge in [-0.05, 0) is 31.0 Å². The minimum Gasteiger partial charge on any atom is -0.467 e. The third kappa shape index (κ3) is 3.14. The van der Waals surface area contributed by atoms with Gasteiger partial charge in [-0.3, -0.25) is 9.59 Å². The highest BCUT2D eigenvalue weighted by molar-refractivity contribution is 5.81. The largest absolute Gasteiger partial charge is 0.467 e. The Kier molecular flexibility index (Phi) is 4.56. The quantitative estimate of drug-likeness (QED) is 0.727. The van der Waals surface area contributed by atoms with Crippen molar-refractivity contribution >= 4 is 16.7 Å². The Labute approximate surface area is 151 Å². The summed E-state index contributed by atoms with van der Waals surface area (Å²) < 4.78 is 6.82. The Hall–Kier alpha value is -2.89. The molecule has 1 atom stereocenters. The molecule has 1 aliphatic rings. The number of aromatic nitrogens is 2. The summed E-state index contributed by atoms with van der Waals surface area (Å²) >= 11 is 0. The van der Waals surface area contributed by atoms with Gasteiger partial charge in [0.05, 0.1) is 23.9 Å². The summed E-state index contributed by atoms with van der Waals surface area (Å²) in [5.74, 6) is 0.706. The van der Waals surface area contributed by atoms with Gasteiger partial charge in [-0.1, -0.05) is 31.0 Å². The second kappa shape index (κ2) is 7.15. The van der Waals surface area contributed by atoms with Gasteiger partial charge >= 0.3 is 0 Å². The Morgan fingerprint density at radius 2 is 2.04 bits per heavy atom. The van der Waals surface area contributed by atoms with Crippen LogP contribution in [0.4, 0.5) is 0 Å². The van der Waals surface area contributed by atoms with E-state index in [9.17, 15) is 9.59 Å². The van der Waals surface area contributed by atoms with Gasteiger partial charge in [0.15, 0.2) is 0 Å². The van der Waals surface area contributed by atoms with Crippen LogP contribution in [0.3, 0.4) is 0 Å². The van der Waals surface area contributed by atoms with E-state index in [1.54, 1.807) is 18.5 Å². The molecule has 0 spiro atoms. The van der Waals surface area contributed by atoms with E-state index in [1.807, 2.05) is 35.2 Å². The molecular formula is C20H21N3O3. The first kappa shape index (κ1) is 16.6. The van der Waals surface area contributed by atoms with Gasteiger partial charge in [0, 0.05) is 11.9 Å². The number of benzene rings is 1. The minimum atomic E-state index is -0.235. The fourth-order valence-corrected chi connectivity index (χ4v) is 3.64. The first-order valence-corrected chi connectivity index (χ1v) is 9.02. The molecule has 1 aliphatic heterocycles. The highest BCUT2D eigenvalue weighted by atomic mass is 16.3. The highest BCUT2D eigenvalue weighted by Gasteiger charge is 2.29. The number of nitrogens with zero attached hydrogens (tertiary/aromatic N) is 3. The zero-order valence-electron chi connectivity index (χ0n) is 14.5. The monoisotopic (exact) mass is 351 g/mol. The lowest BCUT2D eigenvalue weighted by atomic mass is 10.1. The molecule has 2 aromatic heterocycles. The van der Waals surface area contributed by atoms with Gasteiger partial charge < -0.3 is 9.32 Å². The lowest BCUT2D eigenvalue weighted by molar-refractivity contribution is -0.135. The maximum absolute atomic E-state index is 13.0. The van der Waals surface area contributed by atoms with Crippen LogP contribution in [0, 0.1) is 0 Å². The molecule has 0 N–H and O–H groups in total. The van der Waals surface area contributed by atoms with Crippen molar-refractivity contribution in [3.63, 3.8) is 0 Å². The van der Waals surface area contributed by atoms with Crippen LogP contribution in [-0.2, 0) is 11.3 Å².